The number of hydrogen-bond donors (Lipinski definition) is 0. The second kappa shape index (κ2) is 6.02. The molecule has 4 heteroatoms. The average molecular weight is 346 g/mol. The Morgan fingerprint density at radius 3 is 2.53 bits per heavy atom. The van der Waals surface area contributed by atoms with Crippen LogP contribution in [0.3, 0.4) is 0 Å². The molecule has 0 aliphatic carbocycles. The van der Waals surface area contributed by atoms with Crippen LogP contribution in [-0.4, -0.2) is 0 Å². The number of rotatable bonds is 3. The van der Waals surface area contributed by atoms with Crippen LogP contribution in [0.25, 0.3) is 0 Å². The minimum Gasteiger partial charge on any atom is -0.207 e. The maximum absolute atomic E-state index is 13.6. The van der Waals surface area contributed by atoms with Gasteiger partial charge < -0.3 is 0 Å². The molecule has 1 atom stereocenters. The quantitative estimate of drug-likeness (QED) is 0.639. The van der Waals surface area contributed by atoms with Gasteiger partial charge in [-0.2, -0.15) is 0 Å². The van der Waals surface area contributed by atoms with Gasteiger partial charge in [0, 0.05) is 10.5 Å². The van der Waals surface area contributed by atoms with Crippen molar-refractivity contribution >= 4 is 27.5 Å². The molecule has 0 fully saturated rings. The van der Waals surface area contributed by atoms with Gasteiger partial charge in [-0.1, -0.05) is 28.1 Å². The molecule has 0 aromatic heterocycles. The average Bonchev–Trinajstić information content (AvgIpc) is 2.32. The predicted molar refractivity (Wildman–Crippen MR) is 77.5 cm³/mol. The standard InChI is InChI=1S/C15H12BrClF2/c1-9-6-11(16)3-5-13(9)14(17)7-10-2-4-12(18)8-15(10)19/h2-6,8,14H,7H2,1H3. The molecule has 0 N–H and O–H groups in total. The lowest BCUT2D eigenvalue weighted by Crippen LogP contribution is -2.01. The molecule has 0 saturated heterocycles. The van der Waals surface area contributed by atoms with E-state index in [9.17, 15) is 8.78 Å². The Morgan fingerprint density at radius 1 is 1.16 bits per heavy atom. The van der Waals surface area contributed by atoms with E-state index in [1.165, 1.54) is 12.1 Å². The van der Waals surface area contributed by atoms with Gasteiger partial charge in [0.25, 0.3) is 0 Å². The highest BCUT2D eigenvalue weighted by Crippen LogP contribution is 2.30. The van der Waals surface area contributed by atoms with Crippen LogP contribution in [-0.2, 0) is 6.42 Å². The first-order valence-corrected chi connectivity index (χ1v) is 7.04. The van der Waals surface area contributed by atoms with Gasteiger partial charge in [0.15, 0.2) is 0 Å². The number of aryl methyl sites for hydroxylation is 1. The summed E-state index contributed by atoms with van der Waals surface area (Å²) in [6.45, 7) is 1.95. The normalized spacial score (nSPS) is 12.5. The molecule has 19 heavy (non-hydrogen) atoms. The van der Waals surface area contributed by atoms with Gasteiger partial charge >= 0.3 is 0 Å². The zero-order valence-corrected chi connectivity index (χ0v) is 12.6. The summed E-state index contributed by atoms with van der Waals surface area (Å²) in [5.41, 5.74) is 2.41. The van der Waals surface area contributed by atoms with Crippen molar-refractivity contribution in [2.45, 2.75) is 18.7 Å². The highest BCUT2D eigenvalue weighted by Gasteiger charge is 2.14. The Balaban J connectivity index is 2.23. The maximum atomic E-state index is 13.6. The Kier molecular flexibility index (Phi) is 4.58. The number of hydrogen-bond acceptors (Lipinski definition) is 0. The van der Waals surface area contributed by atoms with E-state index in [1.54, 1.807) is 0 Å². The molecule has 0 aliphatic heterocycles. The minimum atomic E-state index is -0.577. The van der Waals surface area contributed by atoms with Crippen LogP contribution >= 0.6 is 27.5 Å². The van der Waals surface area contributed by atoms with Gasteiger partial charge in [-0.25, -0.2) is 8.78 Å². The zero-order chi connectivity index (χ0) is 14.0. The Bertz CT molecular complexity index is 599. The lowest BCUT2D eigenvalue weighted by atomic mass is 10.00. The van der Waals surface area contributed by atoms with Gasteiger partial charge in [-0.05, 0) is 48.2 Å². The van der Waals surface area contributed by atoms with Crippen LogP contribution in [0.1, 0.15) is 22.1 Å². The predicted octanol–water partition coefficient (Wildman–Crippen LogP) is 5.56. The molecule has 2 aromatic rings. The van der Waals surface area contributed by atoms with Crippen molar-refractivity contribution in [3.8, 4) is 0 Å². The first-order chi connectivity index (χ1) is 8.97. The van der Waals surface area contributed by atoms with Crippen molar-refractivity contribution in [3.63, 3.8) is 0 Å². The first kappa shape index (κ1) is 14.5. The molecule has 0 nitrogen and oxygen atoms in total. The summed E-state index contributed by atoms with van der Waals surface area (Å²) < 4.78 is 27.4. The summed E-state index contributed by atoms with van der Waals surface area (Å²) >= 11 is 9.72. The smallest absolute Gasteiger partial charge is 0.129 e. The third-order valence-electron chi connectivity index (χ3n) is 2.98. The SMILES string of the molecule is Cc1cc(Br)ccc1C(Cl)Cc1ccc(F)cc1F. The van der Waals surface area contributed by atoms with Gasteiger partial charge in [-0.15, -0.1) is 11.6 Å². The van der Waals surface area contributed by atoms with Crippen LogP contribution in [0.5, 0.6) is 0 Å². The van der Waals surface area contributed by atoms with E-state index in [2.05, 4.69) is 15.9 Å². The van der Waals surface area contributed by atoms with Crippen molar-refractivity contribution in [3.05, 3.63) is 69.2 Å². The van der Waals surface area contributed by atoms with E-state index in [4.69, 9.17) is 11.6 Å². The highest BCUT2D eigenvalue weighted by molar-refractivity contribution is 9.10. The van der Waals surface area contributed by atoms with E-state index in [-0.39, 0.29) is 5.38 Å². The molecular formula is C15H12BrClF2. The lowest BCUT2D eigenvalue weighted by Gasteiger charge is -2.13. The summed E-state index contributed by atoms with van der Waals surface area (Å²) in [6.07, 6.45) is 0.330. The summed E-state index contributed by atoms with van der Waals surface area (Å²) in [7, 11) is 0. The molecule has 2 aromatic carbocycles. The van der Waals surface area contributed by atoms with Crippen molar-refractivity contribution in [1.29, 1.82) is 0 Å². The Morgan fingerprint density at radius 2 is 1.89 bits per heavy atom. The molecule has 0 spiro atoms. The van der Waals surface area contributed by atoms with E-state index < -0.39 is 11.6 Å². The molecule has 0 saturated carbocycles. The van der Waals surface area contributed by atoms with E-state index in [0.29, 0.717) is 12.0 Å². The monoisotopic (exact) mass is 344 g/mol. The largest absolute Gasteiger partial charge is 0.207 e. The van der Waals surface area contributed by atoms with Crippen LogP contribution in [0.15, 0.2) is 40.9 Å². The van der Waals surface area contributed by atoms with Crippen LogP contribution in [0, 0.1) is 18.6 Å². The van der Waals surface area contributed by atoms with Crippen LogP contribution < -0.4 is 0 Å². The van der Waals surface area contributed by atoms with E-state index in [0.717, 1.165) is 21.7 Å². The van der Waals surface area contributed by atoms with Crippen molar-refractivity contribution in [2.24, 2.45) is 0 Å². The van der Waals surface area contributed by atoms with Crippen LogP contribution in [0.2, 0.25) is 0 Å². The van der Waals surface area contributed by atoms with Gasteiger partial charge in [0.1, 0.15) is 11.6 Å². The lowest BCUT2D eigenvalue weighted by molar-refractivity contribution is 0.570. The Hall–Kier alpha value is -0.930. The second-order valence-electron chi connectivity index (χ2n) is 4.41. The molecular weight excluding hydrogens is 334 g/mol. The van der Waals surface area contributed by atoms with Gasteiger partial charge in [0.2, 0.25) is 0 Å². The molecule has 2 rings (SSSR count). The van der Waals surface area contributed by atoms with Crippen molar-refractivity contribution < 1.29 is 8.78 Å². The van der Waals surface area contributed by atoms with Crippen molar-refractivity contribution in [2.75, 3.05) is 0 Å². The zero-order valence-electron chi connectivity index (χ0n) is 10.3. The Labute approximate surface area is 124 Å². The second-order valence-corrected chi connectivity index (χ2v) is 5.85. The molecule has 0 aliphatic rings. The number of alkyl halides is 1. The fourth-order valence-electron chi connectivity index (χ4n) is 1.98. The maximum Gasteiger partial charge on any atom is 0.129 e. The van der Waals surface area contributed by atoms with E-state index in [1.807, 2.05) is 25.1 Å². The minimum absolute atomic E-state index is 0.330. The fourth-order valence-corrected chi connectivity index (χ4v) is 2.87. The van der Waals surface area contributed by atoms with E-state index >= 15 is 0 Å². The number of halogens is 4. The summed E-state index contributed by atoms with van der Waals surface area (Å²) in [6, 6.07) is 9.35. The topological polar surface area (TPSA) is 0 Å². The fraction of sp³-hybridized carbons (Fsp3) is 0.200. The molecule has 0 amide bonds. The number of benzene rings is 2. The first-order valence-electron chi connectivity index (χ1n) is 5.81. The molecule has 0 radical (unpaired) electrons. The molecule has 0 bridgehead atoms. The summed E-state index contributed by atoms with van der Waals surface area (Å²) in [5.74, 6) is -1.13. The molecule has 0 heterocycles. The highest BCUT2D eigenvalue weighted by atomic mass is 79.9. The third-order valence-corrected chi connectivity index (χ3v) is 3.87. The summed E-state index contributed by atoms with van der Waals surface area (Å²) in [4.78, 5) is 0. The van der Waals surface area contributed by atoms with Crippen LogP contribution in [0.4, 0.5) is 8.78 Å². The summed E-state index contributed by atoms with van der Waals surface area (Å²) in [5, 5.41) is -0.340. The molecule has 100 valence electrons. The van der Waals surface area contributed by atoms with Crippen molar-refractivity contribution in [1.82, 2.24) is 0 Å². The third kappa shape index (κ3) is 3.54. The molecule has 1 unspecified atom stereocenters. The van der Waals surface area contributed by atoms with Gasteiger partial charge in [-0.3, -0.25) is 0 Å². The van der Waals surface area contributed by atoms with Gasteiger partial charge in [0.05, 0.1) is 5.38 Å².